The van der Waals surface area contributed by atoms with Gasteiger partial charge in [0.15, 0.2) is 0 Å². The quantitative estimate of drug-likeness (QED) is 0.825. The topological polar surface area (TPSA) is 20.3 Å². The molecule has 1 saturated carbocycles. The summed E-state index contributed by atoms with van der Waals surface area (Å²) in [6, 6.07) is 19.4. The molecule has 0 N–H and O–H groups in total. The molecular formula is C21H23NO. The maximum Gasteiger partial charge on any atom is 0.230 e. The van der Waals surface area contributed by atoms with E-state index in [1.807, 2.05) is 6.07 Å². The van der Waals surface area contributed by atoms with Crippen LogP contribution in [0.25, 0.3) is 0 Å². The Balaban J connectivity index is 1.59. The molecule has 23 heavy (non-hydrogen) atoms. The predicted molar refractivity (Wildman–Crippen MR) is 92.1 cm³/mol. The van der Waals surface area contributed by atoms with Gasteiger partial charge < -0.3 is 4.90 Å². The van der Waals surface area contributed by atoms with E-state index in [9.17, 15) is 4.79 Å². The third kappa shape index (κ3) is 3.03. The van der Waals surface area contributed by atoms with Crippen LogP contribution in [0.15, 0.2) is 54.6 Å². The van der Waals surface area contributed by atoms with Crippen LogP contribution in [0.2, 0.25) is 0 Å². The Labute approximate surface area is 138 Å². The maximum absolute atomic E-state index is 13.3. The van der Waals surface area contributed by atoms with Crippen molar-refractivity contribution in [1.82, 2.24) is 4.90 Å². The minimum atomic E-state index is 0.0595. The molecule has 1 amide bonds. The molecule has 0 bridgehead atoms. The van der Waals surface area contributed by atoms with E-state index in [2.05, 4.69) is 53.4 Å². The number of amides is 1. The molecule has 0 saturated heterocycles. The molecule has 0 radical (unpaired) electrons. The highest BCUT2D eigenvalue weighted by atomic mass is 16.2. The van der Waals surface area contributed by atoms with E-state index in [0.29, 0.717) is 11.9 Å². The van der Waals surface area contributed by atoms with Crippen molar-refractivity contribution in [3.05, 3.63) is 71.3 Å². The van der Waals surface area contributed by atoms with Gasteiger partial charge in [0, 0.05) is 12.6 Å². The normalized spacial score (nSPS) is 19.9. The van der Waals surface area contributed by atoms with Crippen molar-refractivity contribution in [2.24, 2.45) is 0 Å². The first-order valence-electron chi connectivity index (χ1n) is 8.75. The Morgan fingerprint density at radius 3 is 2.48 bits per heavy atom. The summed E-state index contributed by atoms with van der Waals surface area (Å²) < 4.78 is 0. The summed E-state index contributed by atoms with van der Waals surface area (Å²) in [5.41, 5.74) is 3.87. The van der Waals surface area contributed by atoms with Crippen LogP contribution in [0.3, 0.4) is 0 Å². The average Bonchev–Trinajstić information content (AvgIpc) is 3.44. The molecule has 0 aromatic heterocycles. The molecule has 2 aliphatic carbocycles. The minimum absolute atomic E-state index is 0.0595. The average molecular weight is 305 g/mol. The summed E-state index contributed by atoms with van der Waals surface area (Å²) >= 11 is 0. The number of carbonyl (C=O) groups is 1. The Hall–Kier alpha value is -2.09. The van der Waals surface area contributed by atoms with Crippen molar-refractivity contribution in [2.75, 3.05) is 0 Å². The van der Waals surface area contributed by atoms with Crippen molar-refractivity contribution in [1.29, 1.82) is 0 Å². The van der Waals surface area contributed by atoms with E-state index in [-0.39, 0.29) is 5.92 Å². The van der Waals surface area contributed by atoms with Crippen LogP contribution in [-0.4, -0.2) is 16.8 Å². The van der Waals surface area contributed by atoms with Crippen LogP contribution >= 0.6 is 0 Å². The molecule has 1 fully saturated rings. The maximum atomic E-state index is 13.3. The second-order valence-electron chi connectivity index (χ2n) is 6.83. The number of nitrogens with zero attached hydrogens (tertiary/aromatic N) is 1. The molecule has 1 atom stereocenters. The fourth-order valence-corrected chi connectivity index (χ4v) is 3.76. The molecule has 2 heteroatoms. The van der Waals surface area contributed by atoms with Gasteiger partial charge >= 0.3 is 0 Å². The van der Waals surface area contributed by atoms with Crippen molar-refractivity contribution in [2.45, 2.75) is 50.6 Å². The van der Waals surface area contributed by atoms with E-state index in [4.69, 9.17) is 0 Å². The van der Waals surface area contributed by atoms with E-state index < -0.39 is 0 Å². The summed E-state index contributed by atoms with van der Waals surface area (Å²) in [7, 11) is 0. The zero-order valence-corrected chi connectivity index (χ0v) is 13.4. The monoisotopic (exact) mass is 305 g/mol. The third-order valence-corrected chi connectivity index (χ3v) is 5.13. The molecule has 118 valence electrons. The highest BCUT2D eigenvalue weighted by Crippen LogP contribution is 2.37. The van der Waals surface area contributed by atoms with E-state index in [1.54, 1.807) is 0 Å². The second kappa shape index (κ2) is 6.19. The van der Waals surface area contributed by atoms with Crippen LogP contribution in [0.5, 0.6) is 0 Å². The lowest BCUT2D eigenvalue weighted by atomic mass is 9.82. The van der Waals surface area contributed by atoms with Gasteiger partial charge in [-0.3, -0.25) is 4.79 Å². The van der Waals surface area contributed by atoms with E-state index >= 15 is 0 Å². The lowest BCUT2D eigenvalue weighted by molar-refractivity contribution is -0.134. The van der Waals surface area contributed by atoms with Crippen LogP contribution in [-0.2, 0) is 17.8 Å². The van der Waals surface area contributed by atoms with Gasteiger partial charge in [-0.05, 0) is 48.8 Å². The molecule has 0 aliphatic heterocycles. The largest absolute Gasteiger partial charge is 0.335 e. The Morgan fingerprint density at radius 1 is 0.957 bits per heavy atom. The molecular weight excluding hydrogens is 282 g/mol. The van der Waals surface area contributed by atoms with Gasteiger partial charge in [0.05, 0.1) is 5.92 Å². The van der Waals surface area contributed by atoms with Crippen molar-refractivity contribution in [3.8, 4) is 0 Å². The number of hydrogen-bond donors (Lipinski definition) is 0. The van der Waals surface area contributed by atoms with Crippen molar-refractivity contribution in [3.63, 3.8) is 0 Å². The van der Waals surface area contributed by atoms with Crippen molar-refractivity contribution >= 4 is 5.91 Å². The number of fused-ring (bicyclic) bond motifs is 1. The Morgan fingerprint density at radius 2 is 1.70 bits per heavy atom. The molecule has 1 unspecified atom stereocenters. The van der Waals surface area contributed by atoms with Gasteiger partial charge in [0.2, 0.25) is 5.91 Å². The molecule has 0 heterocycles. The zero-order chi connectivity index (χ0) is 15.6. The number of benzene rings is 2. The summed E-state index contributed by atoms with van der Waals surface area (Å²) in [5, 5.41) is 0. The summed E-state index contributed by atoms with van der Waals surface area (Å²) in [4.78, 5) is 15.4. The second-order valence-corrected chi connectivity index (χ2v) is 6.83. The summed E-state index contributed by atoms with van der Waals surface area (Å²) in [6.45, 7) is 0.753. The Bertz CT molecular complexity index is 690. The highest BCUT2D eigenvalue weighted by molar-refractivity contribution is 5.85. The number of hydrogen-bond acceptors (Lipinski definition) is 1. The summed E-state index contributed by atoms with van der Waals surface area (Å²) in [6.07, 6.45) is 5.55. The Kier molecular flexibility index (Phi) is 3.90. The number of rotatable bonds is 4. The van der Waals surface area contributed by atoms with Crippen LogP contribution in [0.1, 0.15) is 48.3 Å². The lowest BCUT2D eigenvalue weighted by Gasteiger charge is -2.31. The molecule has 0 spiro atoms. The lowest BCUT2D eigenvalue weighted by Crippen LogP contribution is -2.37. The van der Waals surface area contributed by atoms with Gasteiger partial charge in [-0.15, -0.1) is 0 Å². The minimum Gasteiger partial charge on any atom is -0.335 e. The van der Waals surface area contributed by atoms with E-state index in [0.717, 1.165) is 38.6 Å². The van der Waals surface area contributed by atoms with Gasteiger partial charge in [0.1, 0.15) is 0 Å². The predicted octanol–water partition coefficient (Wildman–Crippen LogP) is 4.30. The third-order valence-electron chi connectivity index (χ3n) is 5.13. The first kappa shape index (κ1) is 14.5. The molecule has 2 nitrogen and oxygen atoms in total. The van der Waals surface area contributed by atoms with Crippen LogP contribution in [0, 0.1) is 0 Å². The first-order chi connectivity index (χ1) is 11.3. The van der Waals surface area contributed by atoms with Gasteiger partial charge in [-0.1, -0.05) is 54.6 Å². The number of aryl methyl sites for hydroxylation is 1. The van der Waals surface area contributed by atoms with Gasteiger partial charge in [-0.25, -0.2) is 0 Å². The molecule has 4 rings (SSSR count). The fraction of sp³-hybridized carbons (Fsp3) is 0.381. The van der Waals surface area contributed by atoms with Crippen LogP contribution < -0.4 is 0 Å². The van der Waals surface area contributed by atoms with Crippen molar-refractivity contribution < 1.29 is 4.79 Å². The SMILES string of the molecule is O=C(C1CCCc2ccccc21)N(Cc1ccccc1)C1CC1. The van der Waals surface area contributed by atoms with Gasteiger partial charge in [-0.2, -0.15) is 0 Å². The zero-order valence-electron chi connectivity index (χ0n) is 13.4. The smallest absolute Gasteiger partial charge is 0.230 e. The fourth-order valence-electron chi connectivity index (χ4n) is 3.76. The highest BCUT2D eigenvalue weighted by Gasteiger charge is 2.37. The molecule has 2 aromatic carbocycles. The van der Waals surface area contributed by atoms with Gasteiger partial charge in [0.25, 0.3) is 0 Å². The standard InChI is InChI=1S/C21H23NO/c23-21(20-12-6-10-17-9-4-5-11-19(17)20)22(18-13-14-18)15-16-7-2-1-3-8-16/h1-5,7-9,11,18,20H,6,10,12-15H2. The number of carbonyl (C=O) groups excluding carboxylic acids is 1. The molecule has 2 aromatic rings. The molecule has 2 aliphatic rings. The van der Waals surface area contributed by atoms with E-state index in [1.165, 1.54) is 16.7 Å². The summed E-state index contributed by atoms with van der Waals surface area (Å²) in [5.74, 6) is 0.396. The first-order valence-corrected chi connectivity index (χ1v) is 8.75. The van der Waals surface area contributed by atoms with Crippen LogP contribution in [0.4, 0.5) is 0 Å².